The number of halogens is 1. The van der Waals surface area contributed by atoms with Gasteiger partial charge < -0.3 is 9.64 Å². The van der Waals surface area contributed by atoms with Crippen LogP contribution in [0.2, 0.25) is 0 Å². The Morgan fingerprint density at radius 3 is 2.65 bits per heavy atom. The van der Waals surface area contributed by atoms with E-state index >= 15 is 0 Å². The Kier molecular flexibility index (Phi) is 4.97. The smallest absolute Gasteiger partial charge is 0.254 e. The van der Waals surface area contributed by atoms with Crippen molar-refractivity contribution in [2.24, 2.45) is 0 Å². The fourth-order valence-corrected chi connectivity index (χ4v) is 3.46. The van der Waals surface area contributed by atoms with Crippen molar-refractivity contribution < 1.29 is 13.9 Å². The molecule has 1 aromatic carbocycles. The zero-order valence-corrected chi connectivity index (χ0v) is 13.8. The standard InChI is InChI=1S/C18H25FN2O2/c1-18(8-2-13-23-18)17(22)21-10-3-9-20(11-12-21)14-15-4-6-16(19)7-5-15/h4-7H,2-3,8-14H2,1H3/t18-/m0/s1. The van der Waals surface area contributed by atoms with Crippen molar-refractivity contribution in [1.29, 1.82) is 0 Å². The minimum atomic E-state index is -0.619. The van der Waals surface area contributed by atoms with Gasteiger partial charge in [-0.15, -0.1) is 0 Å². The van der Waals surface area contributed by atoms with Crippen LogP contribution in [0.5, 0.6) is 0 Å². The number of nitrogens with zero attached hydrogens (tertiary/aromatic N) is 2. The molecule has 2 heterocycles. The number of hydrogen-bond acceptors (Lipinski definition) is 3. The number of amides is 1. The minimum Gasteiger partial charge on any atom is -0.365 e. The highest BCUT2D eigenvalue weighted by atomic mass is 19.1. The van der Waals surface area contributed by atoms with Crippen LogP contribution in [0.4, 0.5) is 4.39 Å². The van der Waals surface area contributed by atoms with Gasteiger partial charge in [-0.25, -0.2) is 4.39 Å². The quantitative estimate of drug-likeness (QED) is 0.857. The summed E-state index contributed by atoms with van der Waals surface area (Å²) in [7, 11) is 0. The van der Waals surface area contributed by atoms with Gasteiger partial charge in [0.25, 0.3) is 5.91 Å². The second kappa shape index (κ2) is 6.97. The van der Waals surface area contributed by atoms with Gasteiger partial charge in [0.15, 0.2) is 0 Å². The molecule has 0 N–H and O–H groups in total. The van der Waals surface area contributed by atoms with Crippen LogP contribution in [-0.4, -0.2) is 54.1 Å². The van der Waals surface area contributed by atoms with Gasteiger partial charge in [0.05, 0.1) is 0 Å². The number of carbonyl (C=O) groups is 1. The molecule has 2 aliphatic heterocycles. The highest BCUT2D eigenvalue weighted by molar-refractivity contribution is 5.85. The first kappa shape index (κ1) is 16.4. The molecule has 2 aliphatic rings. The van der Waals surface area contributed by atoms with Crippen molar-refractivity contribution in [2.45, 2.75) is 38.3 Å². The highest BCUT2D eigenvalue weighted by Crippen LogP contribution is 2.27. The van der Waals surface area contributed by atoms with Crippen molar-refractivity contribution >= 4 is 5.91 Å². The lowest BCUT2D eigenvalue weighted by Crippen LogP contribution is -2.48. The number of hydrogen-bond donors (Lipinski definition) is 0. The predicted molar refractivity (Wildman–Crippen MR) is 86.5 cm³/mol. The lowest BCUT2D eigenvalue weighted by molar-refractivity contribution is -0.150. The molecule has 4 nitrogen and oxygen atoms in total. The Balaban J connectivity index is 1.56. The lowest BCUT2D eigenvalue weighted by atomic mass is 10.0. The van der Waals surface area contributed by atoms with Crippen molar-refractivity contribution in [3.63, 3.8) is 0 Å². The molecule has 0 unspecified atom stereocenters. The molecule has 126 valence electrons. The molecular formula is C18H25FN2O2. The minimum absolute atomic E-state index is 0.138. The average Bonchev–Trinajstić information content (AvgIpc) is 2.87. The third-order valence-corrected chi connectivity index (χ3v) is 4.87. The summed E-state index contributed by atoms with van der Waals surface area (Å²) in [6, 6.07) is 6.66. The van der Waals surface area contributed by atoms with E-state index in [1.807, 2.05) is 24.0 Å². The summed E-state index contributed by atoms with van der Waals surface area (Å²) in [5, 5.41) is 0. The van der Waals surface area contributed by atoms with Crippen LogP contribution in [0.1, 0.15) is 31.7 Å². The molecule has 0 aromatic heterocycles. The largest absolute Gasteiger partial charge is 0.365 e. The van der Waals surface area contributed by atoms with Gasteiger partial charge in [-0.3, -0.25) is 9.69 Å². The molecule has 3 rings (SSSR count). The van der Waals surface area contributed by atoms with Crippen LogP contribution in [0.15, 0.2) is 24.3 Å². The van der Waals surface area contributed by atoms with E-state index in [1.165, 1.54) is 12.1 Å². The van der Waals surface area contributed by atoms with Gasteiger partial charge in [-0.2, -0.15) is 0 Å². The number of rotatable bonds is 3. The van der Waals surface area contributed by atoms with Gasteiger partial charge in [0, 0.05) is 39.3 Å². The summed E-state index contributed by atoms with van der Waals surface area (Å²) in [6.07, 6.45) is 2.75. The van der Waals surface area contributed by atoms with E-state index in [0.717, 1.165) is 57.5 Å². The van der Waals surface area contributed by atoms with E-state index in [2.05, 4.69) is 4.90 Å². The molecule has 5 heteroatoms. The van der Waals surface area contributed by atoms with Gasteiger partial charge in [-0.1, -0.05) is 12.1 Å². The van der Waals surface area contributed by atoms with E-state index in [0.29, 0.717) is 6.61 Å². The van der Waals surface area contributed by atoms with E-state index < -0.39 is 5.60 Å². The Morgan fingerprint density at radius 2 is 1.96 bits per heavy atom. The van der Waals surface area contributed by atoms with Crippen molar-refractivity contribution in [3.05, 3.63) is 35.6 Å². The molecule has 0 bridgehead atoms. The maximum atomic E-state index is 13.0. The molecule has 1 amide bonds. The summed E-state index contributed by atoms with van der Waals surface area (Å²) in [5.74, 6) is -0.0650. The maximum Gasteiger partial charge on any atom is 0.254 e. The molecule has 1 atom stereocenters. The van der Waals surface area contributed by atoms with Crippen molar-refractivity contribution in [1.82, 2.24) is 9.80 Å². The summed E-state index contributed by atoms with van der Waals surface area (Å²) in [4.78, 5) is 17.0. The third-order valence-electron chi connectivity index (χ3n) is 4.87. The summed E-state index contributed by atoms with van der Waals surface area (Å²) in [5.41, 5.74) is 0.490. The topological polar surface area (TPSA) is 32.8 Å². The molecule has 23 heavy (non-hydrogen) atoms. The van der Waals surface area contributed by atoms with E-state index in [9.17, 15) is 9.18 Å². The van der Waals surface area contributed by atoms with Crippen LogP contribution in [0.25, 0.3) is 0 Å². The molecule has 0 radical (unpaired) electrons. The summed E-state index contributed by atoms with van der Waals surface area (Å²) in [6.45, 7) is 6.74. The molecule has 1 aromatic rings. The molecule has 0 aliphatic carbocycles. The molecule has 2 saturated heterocycles. The molecule has 0 spiro atoms. The SMILES string of the molecule is C[C@@]1(C(=O)N2CCCN(Cc3ccc(F)cc3)CC2)CCCO1. The fourth-order valence-electron chi connectivity index (χ4n) is 3.46. The van der Waals surface area contributed by atoms with Gasteiger partial charge in [0.2, 0.25) is 0 Å². The Morgan fingerprint density at radius 1 is 1.17 bits per heavy atom. The van der Waals surface area contributed by atoms with Crippen LogP contribution in [0.3, 0.4) is 0 Å². The van der Waals surface area contributed by atoms with E-state index in [1.54, 1.807) is 0 Å². The average molecular weight is 320 g/mol. The van der Waals surface area contributed by atoms with Crippen molar-refractivity contribution in [2.75, 3.05) is 32.8 Å². The first-order valence-corrected chi connectivity index (χ1v) is 8.47. The fraction of sp³-hybridized carbons (Fsp3) is 0.611. The normalized spacial score (nSPS) is 26.3. The van der Waals surface area contributed by atoms with Gasteiger partial charge >= 0.3 is 0 Å². The third kappa shape index (κ3) is 3.90. The Labute approximate surface area is 137 Å². The number of ether oxygens (including phenoxy) is 1. The Bertz CT molecular complexity index is 540. The molecular weight excluding hydrogens is 295 g/mol. The molecule has 0 saturated carbocycles. The summed E-state index contributed by atoms with van der Waals surface area (Å²) < 4.78 is 18.7. The van der Waals surface area contributed by atoms with Crippen LogP contribution in [0, 0.1) is 5.82 Å². The highest BCUT2D eigenvalue weighted by Gasteiger charge is 2.40. The monoisotopic (exact) mass is 320 g/mol. The number of benzene rings is 1. The number of carbonyl (C=O) groups excluding carboxylic acids is 1. The van der Waals surface area contributed by atoms with Crippen LogP contribution < -0.4 is 0 Å². The predicted octanol–water partition coefficient (Wildman–Crippen LogP) is 2.43. The maximum absolute atomic E-state index is 13.0. The van der Waals surface area contributed by atoms with Crippen LogP contribution in [-0.2, 0) is 16.1 Å². The second-order valence-electron chi connectivity index (χ2n) is 6.73. The van der Waals surface area contributed by atoms with Crippen molar-refractivity contribution in [3.8, 4) is 0 Å². The zero-order chi connectivity index (χ0) is 16.3. The second-order valence-corrected chi connectivity index (χ2v) is 6.73. The first-order valence-electron chi connectivity index (χ1n) is 8.47. The van der Waals surface area contributed by atoms with Gasteiger partial charge in [-0.05, 0) is 43.9 Å². The first-order chi connectivity index (χ1) is 11.1. The van der Waals surface area contributed by atoms with Crippen LogP contribution >= 0.6 is 0 Å². The Hall–Kier alpha value is -1.46. The lowest BCUT2D eigenvalue weighted by Gasteiger charge is -2.30. The summed E-state index contributed by atoms with van der Waals surface area (Å²) >= 11 is 0. The zero-order valence-electron chi connectivity index (χ0n) is 13.8. The molecule has 2 fully saturated rings. The van der Waals surface area contributed by atoms with Gasteiger partial charge in [0.1, 0.15) is 11.4 Å². The van der Waals surface area contributed by atoms with E-state index in [-0.39, 0.29) is 11.7 Å². The van der Waals surface area contributed by atoms with E-state index in [4.69, 9.17) is 4.74 Å².